The van der Waals surface area contributed by atoms with Crippen LogP contribution in [-0.4, -0.2) is 31.0 Å². The summed E-state index contributed by atoms with van der Waals surface area (Å²) in [7, 11) is -2.12. The molecule has 21 heavy (non-hydrogen) atoms. The van der Waals surface area contributed by atoms with Crippen LogP contribution in [0, 0.1) is 0 Å². The third-order valence-corrected chi connectivity index (χ3v) is 5.97. The molecule has 1 aromatic carbocycles. The maximum absolute atomic E-state index is 12.5. The van der Waals surface area contributed by atoms with E-state index in [1.165, 1.54) is 23.6 Å². The van der Waals surface area contributed by atoms with Crippen molar-refractivity contribution < 1.29 is 8.42 Å². The van der Waals surface area contributed by atoms with Crippen LogP contribution in [0.3, 0.4) is 0 Å². The second kappa shape index (κ2) is 6.79. The quantitative estimate of drug-likeness (QED) is 0.618. The van der Waals surface area contributed by atoms with Gasteiger partial charge in [-0.25, -0.2) is 13.4 Å². The number of sulfonamides is 1. The van der Waals surface area contributed by atoms with Crippen LogP contribution in [-0.2, 0) is 16.6 Å². The van der Waals surface area contributed by atoms with Crippen LogP contribution < -0.4 is 0 Å². The number of hydrogen-bond donors (Lipinski definition) is 0. The van der Waals surface area contributed by atoms with E-state index in [1.807, 2.05) is 30.5 Å². The zero-order valence-electron chi connectivity index (χ0n) is 11.7. The highest BCUT2D eigenvalue weighted by Crippen LogP contribution is 2.23. The summed E-state index contributed by atoms with van der Waals surface area (Å²) >= 11 is 7.52. The first-order valence-electron chi connectivity index (χ1n) is 6.15. The van der Waals surface area contributed by atoms with Gasteiger partial charge in [-0.3, -0.25) is 0 Å². The summed E-state index contributed by atoms with van der Waals surface area (Å²) < 4.78 is 26.2. The van der Waals surface area contributed by atoms with Gasteiger partial charge in [0.25, 0.3) is 0 Å². The van der Waals surface area contributed by atoms with Crippen molar-refractivity contribution in [1.82, 2.24) is 9.29 Å². The number of benzene rings is 1. The number of aromatic nitrogens is 1. The standard InChI is InChI=1S/C14H15ClN2O2S2/c1-17(10-11-5-7-12(20-2)8-6-11)21(18,19)13-4-3-9-16-14(13)15/h3-9H,10H2,1-2H3. The highest BCUT2D eigenvalue weighted by molar-refractivity contribution is 7.98. The molecule has 0 saturated heterocycles. The summed E-state index contributed by atoms with van der Waals surface area (Å²) in [6.07, 6.45) is 3.46. The van der Waals surface area contributed by atoms with Crippen molar-refractivity contribution >= 4 is 33.4 Å². The lowest BCUT2D eigenvalue weighted by Crippen LogP contribution is -2.26. The Morgan fingerprint density at radius 3 is 2.48 bits per heavy atom. The van der Waals surface area contributed by atoms with Gasteiger partial charge in [-0.05, 0) is 36.1 Å². The number of rotatable bonds is 5. The highest BCUT2D eigenvalue weighted by atomic mass is 35.5. The second-order valence-electron chi connectivity index (χ2n) is 4.40. The Hall–Kier alpha value is -1.08. The molecule has 7 heteroatoms. The molecule has 0 amide bonds. The Bertz CT molecular complexity index is 718. The van der Waals surface area contributed by atoms with Gasteiger partial charge in [-0.1, -0.05) is 23.7 Å². The summed E-state index contributed by atoms with van der Waals surface area (Å²) in [4.78, 5) is 4.98. The van der Waals surface area contributed by atoms with Crippen LogP contribution in [0.25, 0.3) is 0 Å². The number of hydrogen-bond acceptors (Lipinski definition) is 4. The average Bonchev–Trinajstić information content (AvgIpc) is 2.48. The lowest BCUT2D eigenvalue weighted by Gasteiger charge is -2.17. The molecular weight excluding hydrogens is 328 g/mol. The van der Waals surface area contributed by atoms with Crippen LogP contribution in [0.2, 0.25) is 5.15 Å². The largest absolute Gasteiger partial charge is 0.246 e. The van der Waals surface area contributed by atoms with Crippen molar-refractivity contribution in [3.05, 3.63) is 53.3 Å². The van der Waals surface area contributed by atoms with Crippen molar-refractivity contribution in [1.29, 1.82) is 0 Å². The van der Waals surface area contributed by atoms with E-state index < -0.39 is 10.0 Å². The van der Waals surface area contributed by atoms with E-state index in [-0.39, 0.29) is 16.6 Å². The fourth-order valence-corrected chi connectivity index (χ4v) is 3.80. The minimum Gasteiger partial charge on any atom is -0.243 e. The molecule has 0 atom stereocenters. The summed E-state index contributed by atoms with van der Waals surface area (Å²) in [6, 6.07) is 10.8. The predicted octanol–water partition coefficient (Wildman–Crippen LogP) is 3.28. The molecule has 0 spiro atoms. The summed E-state index contributed by atoms with van der Waals surface area (Å²) in [5.74, 6) is 0. The third-order valence-electron chi connectivity index (χ3n) is 2.98. The number of halogens is 1. The van der Waals surface area contributed by atoms with Gasteiger partial charge in [0.2, 0.25) is 10.0 Å². The highest BCUT2D eigenvalue weighted by Gasteiger charge is 2.24. The maximum atomic E-state index is 12.5. The van der Waals surface area contributed by atoms with Crippen molar-refractivity contribution in [2.75, 3.05) is 13.3 Å². The minimum atomic E-state index is -3.65. The summed E-state index contributed by atoms with van der Waals surface area (Å²) in [5, 5.41) is -0.0120. The van der Waals surface area contributed by atoms with Crippen LogP contribution in [0.5, 0.6) is 0 Å². The predicted molar refractivity (Wildman–Crippen MR) is 86.1 cm³/mol. The van der Waals surface area contributed by atoms with Gasteiger partial charge in [0, 0.05) is 24.7 Å². The van der Waals surface area contributed by atoms with Crippen molar-refractivity contribution in [3.8, 4) is 0 Å². The zero-order chi connectivity index (χ0) is 15.5. The fraction of sp³-hybridized carbons (Fsp3) is 0.214. The molecule has 1 aromatic heterocycles. The third kappa shape index (κ3) is 3.77. The second-order valence-corrected chi connectivity index (χ2v) is 7.65. The zero-order valence-corrected chi connectivity index (χ0v) is 14.0. The Morgan fingerprint density at radius 2 is 1.90 bits per heavy atom. The lowest BCUT2D eigenvalue weighted by molar-refractivity contribution is 0.466. The first kappa shape index (κ1) is 16.3. The van der Waals surface area contributed by atoms with Crippen LogP contribution in [0.15, 0.2) is 52.4 Å². The van der Waals surface area contributed by atoms with E-state index in [1.54, 1.807) is 17.8 Å². The molecule has 2 aromatic rings. The van der Waals surface area contributed by atoms with Crippen molar-refractivity contribution in [3.63, 3.8) is 0 Å². The topological polar surface area (TPSA) is 50.3 Å². The minimum absolute atomic E-state index is 0.0120. The SMILES string of the molecule is CSc1ccc(CN(C)S(=O)(=O)c2cccnc2Cl)cc1. The van der Waals surface area contributed by atoms with E-state index in [0.29, 0.717) is 0 Å². The molecule has 0 aliphatic heterocycles. The molecule has 0 aliphatic rings. The van der Waals surface area contributed by atoms with E-state index >= 15 is 0 Å². The number of nitrogens with zero attached hydrogens (tertiary/aromatic N) is 2. The molecule has 1 heterocycles. The molecule has 0 aliphatic carbocycles. The van der Waals surface area contributed by atoms with E-state index in [4.69, 9.17) is 11.6 Å². The van der Waals surface area contributed by atoms with Gasteiger partial charge in [-0.2, -0.15) is 4.31 Å². The number of thioether (sulfide) groups is 1. The van der Waals surface area contributed by atoms with E-state index in [0.717, 1.165) is 10.5 Å². The van der Waals surface area contributed by atoms with Gasteiger partial charge in [-0.15, -0.1) is 11.8 Å². The Kier molecular flexibility index (Phi) is 5.27. The monoisotopic (exact) mass is 342 g/mol. The summed E-state index contributed by atoms with van der Waals surface area (Å²) in [6.45, 7) is 0.280. The van der Waals surface area contributed by atoms with Crippen molar-refractivity contribution in [2.45, 2.75) is 16.3 Å². The Balaban J connectivity index is 2.22. The van der Waals surface area contributed by atoms with Crippen LogP contribution >= 0.6 is 23.4 Å². The van der Waals surface area contributed by atoms with Gasteiger partial charge in [0.1, 0.15) is 10.0 Å². The lowest BCUT2D eigenvalue weighted by atomic mass is 10.2. The maximum Gasteiger partial charge on any atom is 0.246 e. The fourth-order valence-electron chi connectivity index (χ4n) is 1.80. The first-order valence-corrected chi connectivity index (χ1v) is 9.19. The molecule has 0 unspecified atom stereocenters. The number of pyridine rings is 1. The molecule has 112 valence electrons. The Labute approximate surface area is 134 Å². The summed E-state index contributed by atoms with van der Waals surface area (Å²) in [5.41, 5.74) is 0.916. The normalized spacial score (nSPS) is 11.8. The van der Waals surface area contributed by atoms with Gasteiger partial charge < -0.3 is 0 Å². The van der Waals surface area contributed by atoms with E-state index in [9.17, 15) is 8.42 Å². The molecule has 0 bridgehead atoms. The van der Waals surface area contributed by atoms with Gasteiger partial charge >= 0.3 is 0 Å². The molecule has 0 saturated carbocycles. The van der Waals surface area contributed by atoms with Gasteiger partial charge in [0.15, 0.2) is 0 Å². The molecule has 0 fully saturated rings. The van der Waals surface area contributed by atoms with Crippen LogP contribution in [0.4, 0.5) is 0 Å². The smallest absolute Gasteiger partial charge is 0.243 e. The first-order chi connectivity index (χ1) is 9.95. The molecule has 2 rings (SSSR count). The van der Waals surface area contributed by atoms with E-state index in [2.05, 4.69) is 4.98 Å². The molecule has 0 radical (unpaired) electrons. The van der Waals surface area contributed by atoms with Crippen molar-refractivity contribution in [2.24, 2.45) is 0 Å². The molecule has 4 nitrogen and oxygen atoms in total. The van der Waals surface area contributed by atoms with Crippen LogP contribution in [0.1, 0.15) is 5.56 Å². The molecular formula is C14H15ClN2O2S2. The average molecular weight is 343 g/mol. The Morgan fingerprint density at radius 1 is 1.24 bits per heavy atom. The molecule has 0 N–H and O–H groups in total. The van der Waals surface area contributed by atoms with Gasteiger partial charge in [0.05, 0.1) is 0 Å².